The zero-order chi connectivity index (χ0) is 12.1. The maximum absolute atomic E-state index is 4.03. The van der Waals surface area contributed by atoms with E-state index in [1.807, 2.05) is 6.20 Å². The summed E-state index contributed by atoms with van der Waals surface area (Å²) < 4.78 is 0. The van der Waals surface area contributed by atoms with Crippen LogP contribution in [0.3, 0.4) is 0 Å². The lowest BCUT2D eigenvalue weighted by Gasteiger charge is -2.25. The third kappa shape index (κ3) is 3.94. The van der Waals surface area contributed by atoms with Crippen molar-refractivity contribution in [3.05, 3.63) is 17.5 Å². The fraction of sp³-hybridized carbons (Fsp3) is 0.750. The van der Waals surface area contributed by atoms with Crippen molar-refractivity contribution in [1.29, 1.82) is 0 Å². The molecule has 4 nitrogen and oxygen atoms in total. The fourth-order valence-corrected chi connectivity index (χ4v) is 1.70. The van der Waals surface area contributed by atoms with Crippen LogP contribution in [-0.4, -0.2) is 41.8 Å². The second kappa shape index (κ2) is 6.01. The van der Waals surface area contributed by atoms with Crippen molar-refractivity contribution in [2.75, 3.05) is 20.6 Å². The minimum Gasteiger partial charge on any atom is -0.308 e. The van der Waals surface area contributed by atoms with Crippen LogP contribution in [0, 0.1) is 12.8 Å². The number of rotatable bonds is 6. The lowest BCUT2D eigenvalue weighted by molar-refractivity contribution is 0.288. The first kappa shape index (κ1) is 13.2. The molecule has 4 heteroatoms. The minimum atomic E-state index is 0.518. The van der Waals surface area contributed by atoms with Gasteiger partial charge < -0.3 is 10.2 Å². The van der Waals surface area contributed by atoms with Crippen LogP contribution in [0.4, 0.5) is 0 Å². The van der Waals surface area contributed by atoms with Crippen LogP contribution in [0.2, 0.25) is 0 Å². The van der Waals surface area contributed by atoms with Gasteiger partial charge in [-0.2, -0.15) is 5.10 Å². The molecule has 0 aliphatic rings. The zero-order valence-electron chi connectivity index (χ0n) is 11.0. The van der Waals surface area contributed by atoms with E-state index in [0.29, 0.717) is 12.0 Å². The molecule has 0 aromatic carbocycles. The SMILES string of the molecule is Cc1[nH]ncc1CNC(CN(C)C)C(C)C. The molecule has 16 heavy (non-hydrogen) atoms. The van der Waals surface area contributed by atoms with Gasteiger partial charge in [-0.3, -0.25) is 5.10 Å². The van der Waals surface area contributed by atoms with E-state index < -0.39 is 0 Å². The Morgan fingerprint density at radius 3 is 2.56 bits per heavy atom. The molecular formula is C12H24N4. The number of aromatic amines is 1. The molecule has 0 aliphatic heterocycles. The molecular weight excluding hydrogens is 200 g/mol. The summed E-state index contributed by atoms with van der Waals surface area (Å²) in [5.74, 6) is 0.634. The van der Waals surface area contributed by atoms with Crippen LogP contribution in [0.5, 0.6) is 0 Å². The quantitative estimate of drug-likeness (QED) is 0.767. The molecule has 0 radical (unpaired) electrons. The normalized spacial score (nSPS) is 13.7. The molecule has 1 aromatic heterocycles. The standard InChI is InChI=1S/C12H24N4/c1-9(2)12(8-16(4)5)13-6-11-7-14-15-10(11)3/h7,9,12-13H,6,8H2,1-5H3,(H,14,15). The van der Waals surface area contributed by atoms with Gasteiger partial charge in [0.25, 0.3) is 0 Å². The van der Waals surface area contributed by atoms with E-state index in [-0.39, 0.29) is 0 Å². The smallest absolute Gasteiger partial charge is 0.0535 e. The molecule has 0 amide bonds. The summed E-state index contributed by atoms with van der Waals surface area (Å²) in [6.45, 7) is 8.51. The monoisotopic (exact) mass is 224 g/mol. The van der Waals surface area contributed by atoms with Crippen molar-refractivity contribution in [2.45, 2.75) is 33.4 Å². The summed E-state index contributed by atoms with van der Waals surface area (Å²) in [5.41, 5.74) is 2.41. The maximum atomic E-state index is 4.03. The van der Waals surface area contributed by atoms with E-state index in [1.165, 1.54) is 5.56 Å². The van der Waals surface area contributed by atoms with Crippen molar-refractivity contribution in [3.8, 4) is 0 Å². The molecule has 0 saturated heterocycles. The first-order chi connectivity index (χ1) is 7.50. The van der Waals surface area contributed by atoms with Gasteiger partial charge in [0.05, 0.1) is 6.20 Å². The minimum absolute atomic E-state index is 0.518. The average Bonchev–Trinajstić information content (AvgIpc) is 2.57. The summed E-state index contributed by atoms with van der Waals surface area (Å²) in [5, 5.41) is 10.6. The highest BCUT2D eigenvalue weighted by Crippen LogP contribution is 2.06. The van der Waals surface area contributed by atoms with Gasteiger partial charge in [0, 0.05) is 30.4 Å². The van der Waals surface area contributed by atoms with E-state index in [2.05, 4.69) is 55.3 Å². The predicted octanol–water partition coefficient (Wildman–Crippen LogP) is 1.39. The molecule has 92 valence electrons. The Morgan fingerprint density at radius 1 is 1.44 bits per heavy atom. The zero-order valence-corrected chi connectivity index (χ0v) is 11.0. The van der Waals surface area contributed by atoms with E-state index in [4.69, 9.17) is 0 Å². The molecule has 1 heterocycles. The van der Waals surface area contributed by atoms with Crippen molar-refractivity contribution in [3.63, 3.8) is 0 Å². The summed E-state index contributed by atoms with van der Waals surface area (Å²) >= 11 is 0. The average molecular weight is 224 g/mol. The van der Waals surface area contributed by atoms with Gasteiger partial charge in [0.1, 0.15) is 0 Å². The Kier molecular flexibility index (Phi) is 4.96. The summed E-state index contributed by atoms with van der Waals surface area (Å²) in [4.78, 5) is 2.22. The molecule has 1 rings (SSSR count). The van der Waals surface area contributed by atoms with Gasteiger partial charge >= 0.3 is 0 Å². The Balaban J connectivity index is 2.47. The van der Waals surface area contributed by atoms with E-state index >= 15 is 0 Å². The van der Waals surface area contributed by atoms with Crippen LogP contribution in [0.25, 0.3) is 0 Å². The molecule has 1 unspecified atom stereocenters. The molecule has 0 spiro atoms. The number of hydrogen-bond acceptors (Lipinski definition) is 3. The van der Waals surface area contributed by atoms with Crippen molar-refractivity contribution >= 4 is 0 Å². The lowest BCUT2D eigenvalue weighted by atomic mass is 10.0. The maximum Gasteiger partial charge on any atom is 0.0535 e. The van der Waals surface area contributed by atoms with E-state index in [0.717, 1.165) is 18.8 Å². The molecule has 0 fully saturated rings. The van der Waals surface area contributed by atoms with Crippen molar-refractivity contribution < 1.29 is 0 Å². The molecule has 0 aliphatic carbocycles. The van der Waals surface area contributed by atoms with Crippen LogP contribution >= 0.6 is 0 Å². The Bertz CT molecular complexity index is 304. The number of likely N-dealkylation sites (N-methyl/N-ethyl adjacent to an activating group) is 1. The summed E-state index contributed by atoms with van der Waals surface area (Å²) in [6, 6.07) is 0.518. The molecule has 0 bridgehead atoms. The first-order valence-corrected chi connectivity index (χ1v) is 5.87. The number of aromatic nitrogens is 2. The number of H-pyrrole nitrogens is 1. The highest BCUT2D eigenvalue weighted by atomic mass is 15.1. The fourth-order valence-electron chi connectivity index (χ4n) is 1.70. The molecule has 2 N–H and O–H groups in total. The van der Waals surface area contributed by atoms with Gasteiger partial charge in [-0.1, -0.05) is 13.8 Å². The topological polar surface area (TPSA) is 44.0 Å². The van der Waals surface area contributed by atoms with Crippen LogP contribution < -0.4 is 5.32 Å². The van der Waals surface area contributed by atoms with E-state index in [1.54, 1.807) is 0 Å². The number of hydrogen-bond donors (Lipinski definition) is 2. The highest BCUT2D eigenvalue weighted by Gasteiger charge is 2.14. The largest absolute Gasteiger partial charge is 0.308 e. The van der Waals surface area contributed by atoms with Crippen LogP contribution in [-0.2, 0) is 6.54 Å². The van der Waals surface area contributed by atoms with Gasteiger partial charge in [-0.05, 0) is 26.9 Å². The Labute approximate surface area is 98.4 Å². The second-order valence-electron chi connectivity index (χ2n) is 5.01. The van der Waals surface area contributed by atoms with Gasteiger partial charge in [-0.25, -0.2) is 0 Å². The van der Waals surface area contributed by atoms with Crippen LogP contribution in [0.15, 0.2) is 6.20 Å². The first-order valence-electron chi connectivity index (χ1n) is 5.87. The number of nitrogens with one attached hydrogen (secondary N) is 2. The van der Waals surface area contributed by atoms with Crippen LogP contribution in [0.1, 0.15) is 25.1 Å². The van der Waals surface area contributed by atoms with Gasteiger partial charge in [0.2, 0.25) is 0 Å². The summed E-state index contributed by atoms with van der Waals surface area (Å²) in [6.07, 6.45) is 1.90. The number of aryl methyl sites for hydroxylation is 1. The van der Waals surface area contributed by atoms with E-state index in [9.17, 15) is 0 Å². The third-order valence-electron chi connectivity index (χ3n) is 2.86. The van der Waals surface area contributed by atoms with Crippen molar-refractivity contribution in [1.82, 2.24) is 20.4 Å². The van der Waals surface area contributed by atoms with Crippen molar-refractivity contribution in [2.24, 2.45) is 5.92 Å². The second-order valence-corrected chi connectivity index (χ2v) is 5.01. The lowest BCUT2D eigenvalue weighted by Crippen LogP contribution is -2.41. The molecule has 0 saturated carbocycles. The molecule has 1 atom stereocenters. The van der Waals surface area contributed by atoms with Gasteiger partial charge in [0.15, 0.2) is 0 Å². The number of nitrogens with zero attached hydrogens (tertiary/aromatic N) is 2. The third-order valence-corrected chi connectivity index (χ3v) is 2.86. The highest BCUT2D eigenvalue weighted by molar-refractivity contribution is 5.13. The summed E-state index contributed by atoms with van der Waals surface area (Å²) in [7, 11) is 4.22. The Hall–Kier alpha value is -0.870. The predicted molar refractivity (Wildman–Crippen MR) is 67.3 cm³/mol. The Morgan fingerprint density at radius 2 is 2.12 bits per heavy atom. The van der Waals surface area contributed by atoms with Gasteiger partial charge in [-0.15, -0.1) is 0 Å². The molecule has 1 aromatic rings.